The molecular weight excluding hydrogens is 294 g/mol. The normalized spacial score (nSPS) is 11.5. The van der Waals surface area contributed by atoms with E-state index in [1.165, 1.54) is 0 Å². The second-order valence-electron chi connectivity index (χ2n) is 2.89. The molecule has 0 aliphatic carbocycles. The molecule has 84 valence electrons. The maximum absolute atomic E-state index is 11.9. The molecule has 0 radical (unpaired) electrons. The number of hydrogen-bond acceptors (Lipinski definition) is 1. The molecule has 0 fully saturated rings. The third kappa shape index (κ3) is 4.30. The van der Waals surface area contributed by atoms with Crippen LogP contribution in [0, 0.1) is 0 Å². The Kier molecular flexibility index (Phi) is 4.28. The third-order valence-electron chi connectivity index (χ3n) is 1.68. The summed E-state index contributed by atoms with van der Waals surface area (Å²) in [6, 6.07) is 4.98. The largest absolute Gasteiger partial charge is 0.390 e. The van der Waals surface area contributed by atoms with E-state index in [9.17, 15) is 13.2 Å². The fourth-order valence-corrected chi connectivity index (χ4v) is 1.56. The van der Waals surface area contributed by atoms with Crippen molar-refractivity contribution in [2.24, 2.45) is 0 Å². The maximum atomic E-state index is 11.9. The molecule has 0 saturated carbocycles. The summed E-state index contributed by atoms with van der Waals surface area (Å²) in [7, 11) is 0. The molecule has 15 heavy (non-hydrogen) atoms. The summed E-state index contributed by atoms with van der Waals surface area (Å²) >= 11 is 8.96. The minimum atomic E-state index is -4.14. The molecule has 0 atom stereocenters. The van der Waals surface area contributed by atoms with Crippen molar-refractivity contribution in [3.8, 4) is 0 Å². The highest BCUT2D eigenvalue weighted by Crippen LogP contribution is 2.30. The molecule has 0 heterocycles. The molecule has 1 aromatic rings. The quantitative estimate of drug-likeness (QED) is 0.869. The zero-order valence-corrected chi connectivity index (χ0v) is 9.88. The van der Waals surface area contributed by atoms with Crippen LogP contribution < -0.4 is 5.32 Å². The molecule has 1 N–H and O–H groups in total. The van der Waals surface area contributed by atoms with Crippen LogP contribution in [0.1, 0.15) is 6.42 Å². The van der Waals surface area contributed by atoms with E-state index in [2.05, 4.69) is 21.2 Å². The summed E-state index contributed by atoms with van der Waals surface area (Å²) in [5.41, 5.74) is 0.562. The number of hydrogen-bond donors (Lipinski definition) is 1. The zero-order chi connectivity index (χ0) is 11.5. The topological polar surface area (TPSA) is 12.0 Å². The predicted molar refractivity (Wildman–Crippen MR) is 58.3 cm³/mol. The molecule has 0 unspecified atom stereocenters. The summed E-state index contributed by atoms with van der Waals surface area (Å²) in [6.07, 6.45) is -5.01. The lowest BCUT2D eigenvalue weighted by atomic mass is 10.3. The van der Waals surface area contributed by atoms with Crippen molar-refractivity contribution in [2.75, 3.05) is 11.9 Å². The standard InChI is InChI=1S/C9H8BrClF3N/c10-8-6(11)2-1-3-7(8)15-5-4-9(12,13)14/h1-3,15H,4-5H2. The van der Waals surface area contributed by atoms with Crippen LogP contribution in [0.2, 0.25) is 5.02 Å². The number of nitrogens with one attached hydrogen (secondary N) is 1. The van der Waals surface area contributed by atoms with E-state index < -0.39 is 12.6 Å². The van der Waals surface area contributed by atoms with Crippen LogP contribution in [-0.2, 0) is 0 Å². The summed E-state index contributed by atoms with van der Waals surface area (Å²) < 4.78 is 36.2. The maximum Gasteiger partial charge on any atom is 0.390 e. The van der Waals surface area contributed by atoms with Crippen LogP contribution in [0.25, 0.3) is 0 Å². The van der Waals surface area contributed by atoms with Gasteiger partial charge in [0.05, 0.1) is 15.9 Å². The van der Waals surface area contributed by atoms with Crippen LogP contribution in [0.3, 0.4) is 0 Å². The van der Waals surface area contributed by atoms with Gasteiger partial charge in [0, 0.05) is 12.2 Å². The van der Waals surface area contributed by atoms with Gasteiger partial charge in [0.25, 0.3) is 0 Å². The first kappa shape index (κ1) is 12.6. The van der Waals surface area contributed by atoms with E-state index in [0.717, 1.165) is 0 Å². The van der Waals surface area contributed by atoms with Crippen LogP contribution in [0.4, 0.5) is 18.9 Å². The van der Waals surface area contributed by atoms with Crippen LogP contribution in [-0.4, -0.2) is 12.7 Å². The van der Waals surface area contributed by atoms with Gasteiger partial charge in [-0.1, -0.05) is 17.7 Å². The van der Waals surface area contributed by atoms with E-state index in [1.807, 2.05) is 0 Å². The molecule has 0 aliphatic heterocycles. The fourth-order valence-electron chi connectivity index (χ4n) is 0.979. The molecule has 0 amide bonds. The molecule has 1 rings (SSSR count). The lowest BCUT2D eigenvalue weighted by Gasteiger charge is -2.10. The average molecular weight is 303 g/mol. The van der Waals surface area contributed by atoms with E-state index in [-0.39, 0.29) is 6.54 Å². The Morgan fingerprint density at radius 3 is 2.60 bits per heavy atom. The van der Waals surface area contributed by atoms with Gasteiger partial charge in [-0.3, -0.25) is 0 Å². The van der Waals surface area contributed by atoms with Gasteiger partial charge in [-0.25, -0.2) is 0 Å². The van der Waals surface area contributed by atoms with Crippen molar-refractivity contribution in [3.05, 3.63) is 27.7 Å². The minimum Gasteiger partial charge on any atom is -0.384 e. The van der Waals surface area contributed by atoms with Gasteiger partial charge in [-0.2, -0.15) is 13.2 Å². The summed E-state index contributed by atoms with van der Waals surface area (Å²) in [6.45, 7) is -0.164. The Morgan fingerprint density at radius 1 is 1.33 bits per heavy atom. The second kappa shape index (κ2) is 5.07. The fraction of sp³-hybridized carbons (Fsp3) is 0.333. The average Bonchev–Trinajstić information content (AvgIpc) is 2.10. The highest BCUT2D eigenvalue weighted by Gasteiger charge is 2.26. The molecule has 0 spiro atoms. The van der Waals surface area contributed by atoms with Crippen LogP contribution in [0.5, 0.6) is 0 Å². The molecule has 0 bridgehead atoms. The first-order valence-electron chi connectivity index (χ1n) is 4.15. The Morgan fingerprint density at radius 2 is 2.00 bits per heavy atom. The van der Waals surface area contributed by atoms with E-state index in [4.69, 9.17) is 11.6 Å². The van der Waals surface area contributed by atoms with Gasteiger partial charge in [0.15, 0.2) is 0 Å². The molecule has 0 aromatic heterocycles. The number of rotatable bonds is 3. The second-order valence-corrected chi connectivity index (χ2v) is 4.09. The SMILES string of the molecule is FC(F)(F)CCNc1cccc(Cl)c1Br. The summed E-state index contributed by atoms with van der Waals surface area (Å²) in [5.74, 6) is 0. The first-order chi connectivity index (χ1) is 6.90. The molecule has 0 aliphatic rings. The Bertz CT molecular complexity index is 341. The van der Waals surface area contributed by atoms with Gasteiger partial charge in [-0.05, 0) is 28.1 Å². The summed E-state index contributed by atoms with van der Waals surface area (Å²) in [4.78, 5) is 0. The van der Waals surface area contributed by atoms with Gasteiger partial charge in [0.2, 0.25) is 0 Å². The third-order valence-corrected chi connectivity index (χ3v) is 3.07. The molecule has 6 heteroatoms. The van der Waals surface area contributed by atoms with E-state index in [1.54, 1.807) is 18.2 Å². The summed E-state index contributed by atoms with van der Waals surface area (Å²) in [5, 5.41) is 3.12. The van der Waals surface area contributed by atoms with E-state index >= 15 is 0 Å². The van der Waals surface area contributed by atoms with Crippen molar-refractivity contribution >= 4 is 33.2 Å². The van der Waals surface area contributed by atoms with Gasteiger partial charge in [0.1, 0.15) is 0 Å². The minimum absolute atomic E-state index is 0.164. The Hall–Kier alpha value is -0.420. The van der Waals surface area contributed by atoms with E-state index in [0.29, 0.717) is 15.2 Å². The highest BCUT2D eigenvalue weighted by molar-refractivity contribution is 9.10. The number of anilines is 1. The molecule has 1 aromatic carbocycles. The number of halogens is 5. The zero-order valence-electron chi connectivity index (χ0n) is 7.54. The first-order valence-corrected chi connectivity index (χ1v) is 5.32. The lowest BCUT2D eigenvalue weighted by molar-refractivity contribution is -0.131. The lowest BCUT2D eigenvalue weighted by Crippen LogP contribution is -2.14. The van der Waals surface area contributed by atoms with Crippen LogP contribution in [0.15, 0.2) is 22.7 Å². The van der Waals surface area contributed by atoms with Crippen molar-refractivity contribution in [3.63, 3.8) is 0 Å². The Labute approximate surface area is 98.7 Å². The Balaban J connectivity index is 2.55. The van der Waals surface area contributed by atoms with Gasteiger partial charge < -0.3 is 5.32 Å². The van der Waals surface area contributed by atoms with Crippen molar-refractivity contribution in [2.45, 2.75) is 12.6 Å². The molecule has 1 nitrogen and oxygen atoms in total. The highest BCUT2D eigenvalue weighted by atomic mass is 79.9. The van der Waals surface area contributed by atoms with Gasteiger partial charge >= 0.3 is 6.18 Å². The molecular formula is C9H8BrClF3N. The monoisotopic (exact) mass is 301 g/mol. The molecule has 0 saturated heterocycles. The number of benzene rings is 1. The predicted octanol–water partition coefficient (Wildman–Crippen LogP) is 4.47. The number of alkyl halides is 3. The van der Waals surface area contributed by atoms with Crippen molar-refractivity contribution in [1.82, 2.24) is 0 Å². The smallest absolute Gasteiger partial charge is 0.384 e. The van der Waals surface area contributed by atoms with Crippen molar-refractivity contribution < 1.29 is 13.2 Å². The van der Waals surface area contributed by atoms with Gasteiger partial charge in [-0.15, -0.1) is 0 Å². The van der Waals surface area contributed by atoms with Crippen molar-refractivity contribution in [1.29, 1.82) is 0 Å². The van der Waals surface area contributed by atoms with Crippen LogP contribution >= 0.6 is 27.5 Å².